The Labute approximate surface area is 108 Å². The van der Waals surface area contributed by atoms with Crippen molar-refractivity contribution in [2.24, 2.45) is 0 Å². The van der Waals surface area contributed by atoms with Crippen molar-refractivity contribution in [1.82, 2.24) is 10.3 Å². The molecule has 0 bridgehead atoms. The molecule has 0 fully saturated rings. The van der Waals surface area contributed by atoms with E-state index >= 15 is 0 Å². The number of hydrogen-bond acceptors (Lipinski definition) is 2. The quantitative estimate of drug-likeness (QED) is 0.826. The Morgan fingerprint density at radius 3 is 2.89 bits per heavy atom. The highest BCUT2D eigenvalue weighted by atomic mass is 14.9. The highest BCUT2D eigenvalue weighted by Gasteiger charge is 2.22. The summed E-state index contributed by atoms with van der Waals surface area (Å²) in [6.07, 6.45) is 3.07. The van der Waals surface area contributed by atoms with Crippen molar-refractivity contribution >= 4 is 0 Å². The van der Waals surface area contributed by atoms with Crippen molar-refractivity contribution in [3.8, 4) is 0 Å². The van der Waals surface area contributed by atoms with Crippen LogP contribution >= 0.6 is 0 Å². The van der Waals surface area contributed by atoms with Crippen LogP contribution in [0.25, 0.3) is 0 Å². The third-order valence-electron chi connectivity index (χ3n) is 3.64. The van der Waals surface area contributed by atoms with Crippen molar-refractivity contribution in [2.45, 2.75) is 26.3 Å². The summed E-state index contributed by atoms with van der Waals surface area (Å²) in [6.45, 7) is 5.26. The van der Waals surface area contributed by atoms with Crippen LogP contribution in [0.1, 0.15) is 34.0 Å². The van der Waals surface area contributed by atoms with Crippen molar-refractivity contribution < 1.29 is 0 Å². The summed E-state index contributed by atoms with van der Waals surface area (Å²) in [4.78, 5) is 4.64. The van der Waals surface area contributed by atoms with Gasteiger partial charge in [0, 0.05) is 12.7 Å². The minimum atomic E-state index is 0.246. The Morgan fingerprint density at radius 1 is 1.22 bits per heavy atom. The first kappa shape index (κ1) is 11.4. The van der Waals surface area contributed by atoms with Gasteiger partial charge in [-0.15, -0.1) is 0 Å². The van der Waals surface area contributed by atoms with Gasteiger partial charge in [0.1, 0.15) is 0 Å². The smallest absolute Gasteiger partial charge is 0.0756 e. The minimum Gasteiger partial charge on any atom is -0.305 e. The Hall–Kier alpha value is -1.67. The SMILES string of the molecule is Cc1cnc(C2NCCc3ccccc32)c(C)c1. The molecule has 0 spiro atoms. The van der Waals surface area contributed by atoms with E-state index in [0.29, 0.717) is 0 Å². The van der Waals surface area contributed by atoms with Gasteiger partial charge in [-0.25, -0.2) is 0 Å². The molecule has 0 saturated heterocycles. The first-order valence-corrected chi connectivity index (χ1v) is 6.50. The molecule has 0 aliphatic carbocycles. The van der Waals surface area contributed by atoms with Crippen LogP contribution in [-0.2, 0) is 6.42 Å². The summed E-state index contributed by atoms with van der Waals surface area (Å²) in [7, 11) is 0. The molecule has 2 aromatic rings. The molecule has 2 heteroatoms. The summed E-state index contributed by atoms with van der Waals surface area (Å²) in [5.41, 5.74) is 6.48. The van der Waals surface area contributed by atoms with Crippen LogP contribution in [-0.4, -0.2) is 11.5 Å². The Morgan fingerprint density at radius 2 is 2.06 bits per heavy atom. The highest BCUT2D eigenvalue weighted by Crippen LogP contribution is 2.29. The van der Waals surface area contributed by atoms with Gasteiger partial charge in [-0.2, -0.15) is 0 Å². The zero-order valence-electron chi connectivity index (χ0n) is 10.9. The molecule has 0 amide bonds. The lowest BCUT2D eigenvalue weighted by molar-refractivity contribution is 0.554. The molecule has 3 rings (SSSR count). The van der Waals surface area contributed by atoms with Crippen LogP contribution in [0.5, 0.6) is 0 Å². The zero-order valence-corrected chi connectivity index (χ0v) is 10.9. The molecular weight excluding hydrogens is 220 g/mol. The van der Waals surface area contributed by atoms with Gasteiger partial charge in [-0.3, -0.25) is 4.98 Å². The number of nitrogens with one attached hydrogen (secondary N) is 1. The summed E-state index contributed by atoms with van der Waals surface area (Å²) in [6, 6.07) is 11.1. The number of hydrogen-bond donors (Lipinski definition) is 1. The number of benzene rings is 1. The van der Waals surface area contributed by atoms with Gasteiger partial charge in [-0.05, 0) is 42.5 Å². The molecule has 1 unspecified atom stereocenters. The van der Waals surface area contributed by atoms with Gasteiger partial charge in [0.2, 0.25) is 0 Å². The normalized spacial score (nSPS) is 18.4. The zero-order chi connectivity index (χ0) is 12.5. The van der Waals surface area contributed by atoms with Crippen LogP contribution in [0, 0.1) is 13.8 Å². The minimum absolute atomic E-state index is 0.246. The number of rotatable bonds is 1. The molecule has 0 radical (unpaired) electrons. The summed E-state index contributed by atoms with van der Waals surface area (Å²) < 4.78 is 0. The summed E-state index contributed by atoms with van der Waals surface area (Å²) in [5.74, 6) is 0. The van der Waals surface area contributed by atoms with Crippen molar-refractivity contribution in [3.05, 3.63) is 64.5 Å². The average molecular weight is 238 g/mol. The van der Waals surface area contributed by atoms with Gasteiger partial charge >= 0.3 is 0 Å². The molecular formula is C16H18N2. The predicted molar refractivity (Wildman–Crippen MR) is 73.7 cm³/mol. The number of aryl methyl sites for hydroxylation is 2. The summed E-state index contributed by atoms with van der Waals surface area (Å²) >= 11 is 0. The Bertz CT molecular complexity index is 575. The van der Waals surface area contributed by atoms with E-state index < -0.39 is 0 Å². The maximum Gasteiger partial charge on any atom is 0.0756 e. The van der Waals surface area contributed by atoms with Gasteiger partial charge in [0.25, 0.3) is 0 Å². The average Bonchev–Trinajstić information content (AvgIpc) is 2.38. The molecule has 1 aliphatic heterocycles. The topological polar surface area (TPSA) is 24.9 Å². The van der Waals surface area contributed by atoms with Crippen LogP contribution in [0.4, 0.5) is 0 Å². The van der Waals surface area contributed by atoms with E-state index in [4.69, 9.17) is 0 Å². The van der Waals surface area contributed by atoms with Crippen molar-refractivity contribution in [3.63, 3.8) is 0 Å². The molecule has 0 saturated carbocycles. The number of nitrogens with zero attached hydrogens (tertiary/aromatic N) is 1. The predicted octanol–water partition coefficient (Wildman–Crippen LogP) is 2.93. The van der Waals surface area contributed by atoms with Gasteiger partial charge < -0.3 is 5.32 Å². The molecule has 2 heterocycles. The lowest BCUT2D eigenvalue weighted by atomic mass is 9.90. The monoisotopic (exact) mass is 238 g/mol. The van der Waals surface area contributed by atoms with Gasteiger partial charge in [-0.1, -0.05) is 30.3 Å². The maximum atomic E-state index is 4.64. The first-order valence-electron chi connectivity index (χ1n) is 6.50. The van der Waals surface area contributed by atoms with Crippen LogP contribution in [0.15, 0.2) is 36.5 Å². The van der Waals surface area contributed by atoms with Crippen molar-refractivity contribution in [1.29, 1.82) is 0 Å². The molecule has 1 aromatic carbocycles. The first-order chi connectivity index (χ1) is 8.75. The van der Waals surface area contributed by atoms with E-state index in [0.717, 1.165) is 18.7 Å². The van der Waals surface area contributed by atoms with E-state index in [-0.39, 0.29) is 6.04 Å². The Kier molecular flexibility index (Phi) is 2.88. The second kappa shape index (κ2) is 4.54. The van der Waals surface area contributed by atoms with Gasteiger partial charge in [0.15, 0.2) is 0 Å². The molecule has 1 aromatic heterocycles. The van der Waals surface area contributed by atoms with E-state index in [9.17, 15) is 0 Å². The number of pyridine rings is 1. The van der Waals surface area contributed by atoms with Crippen LogP contribution in [0.3, 0.4) is 0 Å². The lowest BCUT2D eigenvalue weighted by Crippen LogP contribution is -2.31. The van der Waals surface area contributed by atoms with E-state index in [1.807, 2.05) is 6.20 Å². The lowest BCUT2D eigenvalue weighted by Gasteiger charge is -2.27. The number of fused-ring (bicyclic) bond motifs is 1. The molecule has 18 heavy (non-hydrogen) atoms. The van der Waals surface area contributed by atoms with E-state index in [1.54, 1.807) is 0 Å². The maximum absolute atomic E-state index is 4.64. The Balaban J connectivity index is 2.08. The third kappa shape index (κ3) is 1.93. The third-order valence-corrected chi connectivity index (χ3v) is 3.64. The van der Waals surface area contributed by atoms with Crippen LogP contribution < -0.4 is 5.32 Å². The summed E-state index contributed by atoms with van der Waals surface area (Å²) in [5, 5.41) is 3.59. The largest absolute Gasteiger partial charge is 0.305 e. The molecule has 1 atom stereocenters. The molecule has 92 valence electrons. The number of aromatic nitrogens is 1. The second-order valence-electron chi connectivity index (χ2n) is 5.05. The molecule has 1 aliphatic rings. The standard InChI is InChI=1S/C16H18N2/c1-11-9-12(2)15(18-10-11)16-14-6-4-3-5-13(14)7-8-17-16/h3-6,9-10,16-17H,7-8H2,1-2H3. The van der Waals surface area contributed by atoms with E-state index in [1.165, 1.54) is 22.3 Å². The van der Waals surface area contributed by atoms with Crippen LogP contribution in [0.2, 0.25) is 0 Å². The highest BCUT2D eigenvalue weighted by molar-refractivity contribution is 5.40. The fourth-order valence-corrected chi connectivity index (χ4v) is 2.78. The molecule has 2 nitrogen and oxygen atoms in total. The van der Waals surface area contributed by atoms with E-state index in [2.05, 4.69) is 54.5 Å². The van der Waals surface area contributed by atoms with Crippen molar-refractivity contribution in [2.75, 3.05) is 6.54 Å². The second-order valence-corrected chi connectivity index (χ2v) is 5.05. The fourth-order valence-electron chi connectivity index (χ4n) is 2.78. The van der Waals surface area contributed by atoms with Gasteiger partial charge in [0.05, 0.1) is 11.7 Å². The molecule has 1 N–H and O–H groups in total. The fraction of sp³-hybridized carbons (Fsp3) is 0.312.